The van der Waals surface area contributed by atoms with Crippen LogP contribution in [0.2, 0.25) is 0 Å². The zero-order valence-corrected chi connectivity index (χ0v) is 22.9. The highest BCUT2D eigenvalue weighted by Gasteiger charge is 2.55. The number of imide groups is 1. The van der Waals surface area contributed by atoms with E-state index in [1.807, 2.05) is 6.92 Å². The molecule has 1 aromatic heterocycles. The lowest BCUT2D eigenvalue weighted by Crippen LogP contribution is -2.69. The van der Waals surface area contributed by atoms with Gasteiger partial charge in [0.1, 0.15) is 5.82 Å². The van der Waals surface area contributed by atoms with Crippen LogP contribution >= 0.6 is 0 Å². The summed E-state index contributed by atoms with van der Waals surface area (Å²) in [6.07, 6.45) is 6.15. The van der Waals surface area contributed by atoms with Gasteiger partial charge in [-0.1, -0.05) is 33.1 Å². The lowest BCUT2D eigenvalue weighted by atomic mass is 9.82. The van der Waals surface area contributed by atoms with Crippen molar-refractivity contribution in [2.45, 2.75) is 78.3 Å². The summed E-state index contributed by atoms with van der Waals surface area (Å²) in [5.74, 6) is -2.30. The Morgan fingerprint density at radius 2 is 1.79 bits per heavy atom. The molecule has 1 aliphatic carbocycles. The summed E-state index contributed by atoms with van der Waals surface area (Å²) >= 11 is 0. The standard InChI is InChI=1S/C27H38N4O8/c1-5-37-25(34)22-20(23(32)31(22)26(35)29-17(4)19-9-7-6-8-10-19)13-18-11-12-28-21(14-18)30-27(36)39-15-38-24(33)16(2)3/h11-12,14,16-17,19-20,22H,5-10,13,15H2,1-4H3,(H,29,35)(H,28,30,36)/t17-,20-,22?/m1/s1. The molecule has 1 saturated heterocycles. The van der Waals surface area contributed by atoms with Gasteiger partial charge in [-0.25, -0.2) is 24.3 Å². The highest BCUT2D eigenvalue weighted by molar-refractivity contribution is 6.08. The fourth-order valence-electron chi connectivity index (χ4n) is 4.86. The van der Waals surface area contributed by atoms with E-state index in [1.165, 1.54) is 18.7 Å². The van der Waals surface area contributed by atoms with Crippen molar-refractivity contribution in [1.82, 2.24) is 15.2 Å². The average Bonchev–Trinajstić information content (AvgIpc) is 2.90. The van der Waals surface area contributed by atoms with Gasteiger partial charge >= 0.3 is 24.1 Å². The molecule has 2 aliphatic rings. The molecule has 1 aromatic rings. The maximum absolute atomic E-state index is 13.1. The second kappa shape index (κ2) is 13.9. The highest BCUT2D eigenvalue weighted by Crippen LogP contribution is 2.32. The molecule has 0 spiro atoms. The summed E-state index contributed by atoms with van der Waals surface area (Å²) < 4.78 is 14.8. The van der Waals surface area contributed by atoms with Gasteiger partial charge in [0.2, 0.25) is 12.7 Å². The molecule has 0 bridgehead atoms. The molecule has 1 saturated carbocycles. The van der Waals surface area contributed by atoms with Gasteiger partial charge in [-0.3, -0.25) is 14.9 Å². The van der Waals surface area contributed by atoms with Crippen molar-refractivity contribution in [2.75, 3.05) is 18.7 Å². The molecular weight excluding hydrogens is 508 g/mol. The number of carbonyl (C=O) groups is 5. The lowest BCUT2D eigenvalue weighted by Gasteiger charge is -2.44. The summed E-state index contributed by atoms with van der Waals surface area (Å²) in [4.78, 5) is 67.4. The van der Waals surface area contributed by atoms with E-state index in [-0.39, 0.29) is 30.8 Å². The minimum absolute atomic E-state index is 0.113. The third-order valence-electron chi connectivity index (χ3n) is 7.04. The van der Waals surface area contributed by atoms with E-state index >= 15 is 0 Å². The van der Waals surface area contributed by atoms with E-state index in [1.54, 1.807) is 26.8 Å². The van der Waals surface area contributed by atoms with E-state index < -0.39 is 48.7 Å². The van der Waals surface area contributed by atoms with E-state index in [0.29, 0.717) is 11.5 Å². The highest BCUT2D eigenvalue weighted by atomic mass is 16.7. The van der Waals surface area contributed by atoms with E-state index in [4.69, 9.17) is 14.2 Å². The molecule has 2 fully saturated rings. The van der Waals surface area contributed by atoms with E-state index in [9.17, 15) is 24.0 Å². The molecular formula is C27H38N4O8. The third kappa shape index (κ3) is 7.90. The van der Waals surface area contributed by atoms with Crippen molar-refractivity contribution >= 4 is 35.8 Å². The molecule has 0 radical (unpaired) electrons. The van der Waals surface area contributed by atoms with Gasteiger partial charge < -0.3 is 19.5 Å². The van der Waals surface area contributed by atoms with Crippen LogP contribution in [0.5, 0.6) is 0 Å². The molecule has 12 nitrogen and oxygen atoms in total. The summed E-state index contributed by atoms with van der Waals surface area (Å²) in [5, 5.41) is 5.33. The molecule has 39 heavy (non-hydrogen) atoms. The second-order valence-corrected chi connectivity index (χ2v) is 10.2. The summed E-state index contributed by atoms with van der Waals surface area (Å²) in [6, 6.07) is 1.41. The van der Waals surface area contributed by atoms with E-state index in [0.717, 1.165) is 30.6 Å². The number of hydrogen-bond donors (Lipinski definition) is 2. The van der Waals surface area contributed by atoms with Gasteiger partial charge in [0.25, 0.3) is 0 Å². The lowest BCUT2D eigenvalue weighted by molar-refractivity contribution is -0.169. The molecule has 3 atom stereocenters. The fourth-order valence-corrected chi connectivity index (χ4v) is 4.86. The largest absolute Gasteiger partial charge is 0.464 e. The summed E-state index contributed by atoms with van der Waals surface area (Å²) in [5.41, 5.74) is 0.606. The number of rotatable bonds is 10. The van der Waals surface area contributed by atoms with Crippen LogP contribution in [0.4, 0.5) is 15.4 Å². The molecule has 4 amide bonds. The molecule has 2 N–H and O–H groups in total. The third-order valence-corrected chi connectivity index (χ3v) is 7.04. The van der Waals surface area contributed by atoms with Crippen LogP contribution in [-0.4, -0.2) is 65.3 Å². The van der Waals surface area contributed by atoms with Crippen molar-refractivity contribution in [1.29, 1.82) is 0 Å². The number of pyridine rings is 1. The van der Waals surface area contributed by atoms with Crippen molar-refractivity contribution in [3.05, 3.63) is 23.9 Å². The van der Waals surface area contributed by atoms with Crippen LogP contribution in [0.3, 0.4) is 0 Å². The van der Waals surface area contributed by atoms with Gasteiger partial charge in [-0.2, -0.15) is 0 Å². The van der Waals surface area contributed by atoms with Crippen molar-refractivity contribution in [2.24, 2.45) is 17.8 Å². The topological polar surface area (TPSA) is 153 Å². The Morgan fingerprint density at radius 1 is 1.08 bits per heavy atom. The van der Waals surface area contributed by atoms with Crippen LogP contribution in [-0.2, 0) is 35.0 Å². The van der Waals surface area contributed by atoms with Crippen molar-refractivity contribution in [3.8, 4) is 0 Å². The first kappa shape index (κ1) is 29.9. The van der Waals surface area contributed by atoms with Crippen molar-refractivity contribution < 1.29 is 38.2 Å². The number of likely N-dealkylation sites (tertiary alicyclic amines) is 1. The number of amides is 4. The van der Waals surface area contributed by atoms with Crippen molar-refractivity contribution in [3.63, 3.8) is 0 Å². The summed E-state index contributed by atoms with van der Waals surface area (Å²) in [6.45, 7) is 6.47. The minimum Gasteiger partial charge on any atom is -0.464 e. The maximum atomic E-state index is 13.1. The first-order chi connectivity index (χ1) is 18.6. The number of hydrogen-bond acceptors (Lipinski definition) is 9. The van der Waals surface area contributed by atoms with Gasteiger partial charge in [0, 0.05) is 12.2 Å². The second-order valence-electron chi connectivity index (χ2n) is 10.2. The molecule has 214 valence electrons. The van der Waals surface area contributed by atoms with Gasteiger partial charge in [-0.05, 0) is 56.7 Å². The van der Waals surface area contributed by atoms with E-state index in [2.05, 4.69) is 15.6 Å². The Balaban J connectivity index is 1.62. The number of aromatic nitrogens is 1. The molecule has 0 aromatic carbocycles. The van der Waals surface area contributed by atoms with Gasteiger partial charge in [0.05, 0.1) is 18.4 Å². The first-order valence-corrected chi connectivity index (χ1v) is 13.5. The number of carbonyl (C=O) groups excluding carboxylic acids is 5. The molecule has 1 unspecified atom stereocenters. The van der Waals surface area contributed by atoms with Gasteiger partial charge in [-0.15, -0.1) is 0 Å². The molecule has 3 rings (SSSR count). The first-order valence-electron chi connectivity index (χ1n) is 13.5. The van der Waals surface area contributed by atoms with Crippen LogP contribution in [0.1, 0.15) is 65.4 Å². The quantitative estimate of drug-likeness (QED) is 0.255. The number of ether oxygens (including phenoxy) is 3. The van der Waals surface area contributed by atoms with Gasteiger partial charge in [0.15, 0.2) is 6.04 Å². The number of urea groups is 1. The average molecular weight is 547 g/mol. The Bertz CT molecular complexity index is 1060. The van der Waals surface area contributed by atoms with Crippen LogP contribution in [0, 0.1) is 17.8 Å². The fraction of sp³-hybridized carbons (Fsp3) is 0.630. The zero-order valence-electron chi connectivity index (χ0n) is 22.9. The Kier molecular flexibility index (Phi) is 10.6. The van der Waals surface area contributed by atoms with Crippen LogP contribution in [0.15, 0.2) is 18.3 Å². The minimum atomic E-state index is -1.05. The number of nitrogens with one attached hydrogen (secondary N) is 2. The number of β-lactam (4-membered cyclic amide) rings is 1. The molecule has 1 aliphatic heterocycles. The molecule has 2 heterocycles. The Hall–Kier alpha value is -3.70. The number of esters is 2. The summed E-state index contributed by atoms with van der Waals surface area (Å²) in [7, 11) is 0. The Morgan fingerprint density at radius 3 is 2.46 bits per heavy atom. The number of anilines is 1. The number of nitrogens with zero attached hydrogens (tertiary/aromatic N) is 2. The SMILES string of the molecule is CCOC(=O)C1[C@@H](Cc2ccnc(NC(=O)OCOC(=O)C(C)C)c2)C(=O)N1C(=O)N[C@H](C)C1CCCCC1. The monoisotopic (exact) mass is 546 g/mol. The van der Waals surface area contributed by atoms with Crippen LogP contribution in [0.25, 0.3) is 0 Å². The normalized spacial score (nSPS) is 20.0. The molecule has 12 heteroatoms. The zero-order chi connectivity index (χ0) is 28.5. The van der Waals surface area contributed by atoms with Crippen LogP contribution < -0.4 is 10.6 Å². The predicted octanol–water partition coefficient (Wildman–Crippen LogP) is 3.40. The predicted molar refractivity (Wildman–Crippen MR) is 139 cm³/mol. The smallest absolute Gasteiger partial charge is 0.415 e. The Labute approximate surface area is 228 Å². The maximum Gasteiger partial charge on any atom is 0.415 e.